The van der Waals surface area contributed by atoms with Crippen molar-refractivity contribution in [2.45, 2.75) is 33.8 Å². The highest BCUT2D eigenvalue weighted by Gasteiger charge is 2.12. The van der Waals surface area contributed by atoms with Crippen LogP contribution in [0.1, 0.15) is 35.5 Å². The fourth-order valence-electron chi connectivity index (χ4n) is 2.41. The van der Waals surface area contributed by atoms with Gasteiger partial charge in [0.15, 0.2) is 0 Å². The normalized spacial score (nSPS) is 12.8. The minimum absolute atomic E-state index is 0.181. The first-order valence-corrected chi connectivity index (χ1v) is 8.01. The third kappa shape index (κ3) is 4.56. The minimum Gasteiger partial charge on any atom is -0.389 e. The number of amides is 1. The van der Waals surface area contributed by atoms with Gasteiger partial charge in [0.25, 0.3) is 5.91 Å². The summed E-state index contributed by atoms with van der Waals surface area (Å²) in [5.41, 5.74) is 3.88. The van der Waals surface area contributed by atoms with Crippen LogP contribution in [-0.4, -0.2) is 41.9 Å². The van der Waals surface area contributed by atoms with Crippen LogP contribution in [-0.2, 0) is 4.74 Å². The fourth-order valence-corrected chi connectivity index (χ4v) is 2.41. The average Bonchev–Trinajstić information content (AvgIpc) is 2.79. The van der Waals surface area contributed by atoms with Gasteiger partial charge in [-0.2, -0.15) is 0 Å². The molecule has 1 aromatic heterocycles. The van der Waals surface area contributed by atoms with E-state index in [2.05, 4.69) is 24.1 Å². The molecule has 5 nitrogen and oxygen atoms in total. The molecule has 0 bridgehead atoms. The van der Waals surface area contributed by atoms with E-state index >= 15 is 0 Å². The van der Waals surface area contributed by atoms with Gasteiger partial charge in [0.05, 0.1) is 12.7 Å². The summed E-state index contributed by atoms with van der Waals surface area (Å²) < 4.78 is 5.37. The quantitative estimate of drug-likeness (QED) is 0.734. The lowest BCUT2D eigenvalue weighted by Crippen LogP contribution is -2.34. The standard InChI is InChI=1S/C18H26N2O3/c1-11(2)9-23-10-15(21)8-19-18(22)14-5-6-17-16(7-14)12(3)13(4)20-17/h5-7,11,15,20-21H,8-10H2,1-4H3,(H,19,22). The molecule has 0 aliphatic carbocycles. The SMILES string of the molecule is Cc1[nH]c2ccc(C(=O)NCC(O)COCC(C)C)cc2c1C. The van der Waals surface area contributed by atoms with E-state index in [1.165, 1.54) is 0 Å². The van der Waals surface area contributed by atoms with Gasteiger partial charge < -0.3 is 20.1 Å². The Morgan fingerprint density at radius 2 is 2.04 bits per heavy atom. The molecule has 2 aromatic rings. The number of nitrogens with one attached hydrogen (secondary N) is 2. The zero-order valence-electron chi connectivity index (χ0n) is 14.3. The first-order valence-electron chi connectivity index (χ1n) is 8.01. The van der Waals surface area contributed by atoms with Gasteiger partial charge in [-0.25, -0.2) is 0 Å². The lowest BCUT2D eigenvalue weighted by molar-refractivity contribution is 0.0259. The van der Waals surface area contributed by atoms with Crippen molar-refractivity contribution in [3.05, 3.63) is 35.0 Å². The highest BCUT2D eigenvalue weighted by molar-refractivity contribution is 5.99. The van der Waals surface area contributed by atoms with E-state index in [0.29, 0.717) is 18.1 Å². The molecular formula is C18H26N2O3. The molecule has 0 radical (unpaired) electrons. The van der Waals surface area contributed by atoms with E-state index in [0.717, 1.165) is 22.2 Å². The number of aliphatic hydroxyl groups excluding tert-OH is 1. The Bertz CT molecular complexity index is 676. The van der Waals surface area contributed by atoms with Crippen molar-refractivity contribution >= 4 is 16.8 Å². The Kier molecular flexibility index (Phi) is 5.80. The summed E-state index contributed by atoms with van der Waals surface area (Å²) in [7, 11) is 0. The van der Waals surface area contributed by atoms with Crippen LogP contribution in [0.4, 0.5) is 0 Å². The molecule has 1 amide bonds. The van der Waals surface area contributed by atoms with E-state index in [9.17, 15) is 9.90 Å². The molecule has 1 atom stereocenters. The van der Waals surface area contributed by atoms with Gasteiger partial charge in [-0.1, -0.05) is 13.8 Å². The molecule has 5 heteroatoms. The molecule has 0 saturated heterocycles. The van der Waals surface area contributed by atoms with Crippen LogP contribution in [0.3, 0.4) is 0 Å². The van der Waals surface area contributed by atoms with Crippen molar-refractivity contribution in [3.63, 3.8) is 0 Å². The smallest absolute Gasteiger partial charge is 0.251 e. The Morgan fingerprint density at radius 3 is 2.74 bits per heavy atom. The van der Waals surface area contributed by atoms with Gasteiger partial charge >= 0.3 is 0 Å². The van der Waals surface area contributed by atoms with Gasteiger partial charge in [0.1, 0.15) is 0 Å². The van der Waals surface area contributed by atoms with Gasteiger partial charge in [0, 0.05) is 35.3 Å². The third-order valence-electron chi connectivity index (χ3n) is 3.83. The van der Waals surface area contributed by atoms with Crippen LogP contribution in [0.5, 0.6) is 0 Å². The number of fused-ring (bicyclic) bond motifs is 1. The van der Waals surface area contributed by atoms with E-state index in [4.69, 9.17) is 4.74 Å². The largest absolute Gasteiger partial charge is 0.389 e. The number of aliphatic hydroxyl groups is 1. The van der Waals surface area contributed by atoms with Gasteiger partial charge in [-0.3, -0.25) is 4.79 Å². The second-order valence-electron chi connectivity index (χ2n) is 6.43. The second kappa shape index (κ2) is 7.62. The number of carbonyl (C=O) groups excluding carboxylic acids is 1. The molecule has 2 rings (SSSR count). The van der Waals surface area contributed by atoms with E-state index in [1.54, 1.807) is 6.07 Å². The Hall–Kier alpha value is -1.85. The highest BCUT2D eigenvalue weighted by atomic mass is 16.5. The van der Waals surface area contributed by atoms with Crippen LogP contribution >= 0.6 is 0 Å². The summed E-state index contributed by atoms with van der Waals surface area (Å²) in [5.74, 6) is 0.240. The van der Waals surface area contributed by atoms with Crippen LogP contribution in [0, 0.1) is 19.8 Å². The fraction of sp³-hybridized carbons (Fsp3) is 0.500. The van der Waals surface area contributed by atoms with Crippen LogP contribution in [0.25, 0.3) is 10.9 Å². The second-order valence-corrected chi connectivity index (χ2v) is 6.43. The zero-order chi connectivity index (χ0) is 17.0. The molecule has 0 spiro atoms. The minimum atomic E-state index is -0.697. The Balaban J connectivity index is 1.92. The van der Waals surface area contributed by atoms with Crippen molar-refractivity contribution in [1.82, 2.24) is 10.3 Å². The van der Waals surface area contributed by atoms with E-state index in [-0.39, 0.29) is 19.1 Å². The number of carbonyl (C=O) groups is 1. The summed E-state index contributed by atoms with van der Waals surface area (Å²) in [6, 6.07) is 5.58. The monoisotopic (exact) mass is 318 g/mol. The molecule has 23 heavy (non-hydrogen) atoms. The Labute approximate surface area is 137 Å². The zero-order valence-corrected chi connectivity index (χ0v) is 14.3. The van der Waals surface area contributed by atoms with Gasteiger partial charge in [-0.15, -0.1) is 0 Å². The molecule has 0 aliphatic rings. The van der Waals surface area contributed by atoms with Crippen molar-refractivity contribution in [2.24, 2.45) is 5.92 Å². The third-order valence-corrected chi connectivity index (χ3v) is 3.83. The summed E-state index contributed by atoms with van der Waals surface area (Å²) >= 11 is 0. The van der Waals surface area contributed by atoms with Crippen LogP contribution in [0.15, 0.2) is 18.2 Å². The summed E-state index contributed by atoms with van der Waals surface area (Å²) in [6.07, 6.45) is -0.697. The average molecular weight is 318 g/mol. The predicted octanol–water partition coefficient (Wildman–Crippen LogP) is 2.55. The van der Waals surface area contributed by atoms with Crippen LogP contribution in [0.2, 0.25) is 0 Å². The number of benzene rings is 1. The number of H-pyrrole nitrogens is 1. The lowest BCUT2D eigenvalue weighted by Gasteiger charge is -2.13. The van der Waals surface area contributed by atoms with E-state index in [1.807, 2.05) is 26.0 Å². The van der Waals surface area contributed by atoms with Crippen molar-refractivity contribution in [1.29, 1.82) is 0 Å². The number of aromatic amines is 1. The molecular weight excluding hydrogens is 292 g/mol. The van der Waals surface area contributed by atoms with Gasteiger partial charge in [0.2, 0.25) is 0 Å². The number of ether oxygens (including phenoxy) is 1. The van der Waals surface area contributed by atoms with E-state index < -0.39 is 6.10 Å². The summed E-state index contributed by atoms with van der Waals surface area (Å²) in [4.78, 5) is 15.5. The molecule has 1 unspecified atom stereocenters. The molecule has 1 heterocycles. The van der Waals surface area contributed by atoms with Crippen LogP contribution < -0.4 is 5.32 Å². The highest BCUT2D eigenvalue weighted by Crippen LogP contribution is 2.22. The molecule has 0 fully saturated rings. The molecule has 0 saturated carbocycles. The maximum atomic E-state index is 12.2. The molecule has 1 aromatic carbocycles. The molecule has 0 aliphatic heterocycles. The topological polar surface area (TPSA) is 74.4 Å². The predicted molar refractivity (Wildman–Crippen MR) is 91.8 cm³/mol. The molecule has 126 valence electrons. The molecule has 3 N–H and O–H groups in total. The van der Waals surface area contributed by atoms with Crippen molar-refractivity contribution < 1.29 is 14.6 Å². The maximum Gasteiger partial charge on any atom is 0.251 e. The number of aromatic nitrogens is 1. The number of hydrogen-bond acceptors (Lipinski definition) is 3. The number of rotatable bonds is 7. The lowest BCUT2D eigenvalue weighted by atomic mass is 10.1. The first kappa shape index (κ1) is 17.5. The summed E-state index contributed by atoms with van der Waals surface area (Å²) in [6.45, 7) is 9.17. The van der Waals surface area contributed by atoms with Crippen molar-refractivity contribution in [3.8, 4) is 0 Å². The summed E-state index contributed by atoms with van der Waals surface area (Å²) in [5, 5.41) is 13.6. The number of hydrogen-bond donors (Lipinski definition) is 3. The number of aryl methyl sites for hydroxylation is 2. The van der Waals surface area contributed by atoms with Crippen molar-refractivity contribution in [2.75, 3.05) is 19.8 Å². The Morgan fingerprint density at radius 1 is 1.30 bits per heavy atom. The van der Waals surface area contributed by atoms with Gasteiger partial charge in [-0.05, 0) is 43.5 Å². The first-order chi connectivity index (χ1) is 10.9. The maximum absolute atomic E-state index is 12.2.